The smallest absolute Gasteiger partial charge is 0.174 e. The van der Waals surface area contributed by atoms with Gasteiger partial charge in [-0.1, -0.05) is 0 Å². The summed E-state index contributed by atoms with van der Waals surface area (Å²) < 4.78 is 11.5. The summed E-state index contributed by atoms with van der Waals surface area (Å²) in [7, 11) is 3.78. The number of phenols is 1. The number of phenolic OH excluding ortho intramolecular Hbond substituents is 1. The maximum absolute atomic E-state index is 10.2. The highest BCUT2D eigenvalue weighted by atomic mass is 16.5. The highest BCUT2D eigenvalue weighted by Gasteiger charge is 2.36. The third-order valence-corrected chi connectivity index (χ3v) is 5.57. The van der Waals surface area contributed by atoms with Crippen LogP contribution in [0, 0.1) is 18.3 Å². The van der Waals surface area contributed by atoms with Crippen molar-refractivity contribution in [3.63, 3.8) is 0 Å². The summed E-state index contributed by atoms with van der Waals surface area (Å²) in [5.74, 6) is 1.61. The van der Waals surface area contributed by atoms with Gasteiger partial charge in [0.1, 0.15) is 11.8 Å². The Balaban J connectivity index is 2.04. The van der Waals surface area contributed by atoms with E-state index in [1.165, 1.54) is 11.1 Å². The van der Waals surface area contributed by atoms with Crippen molar-refractivity contribution in [1.29, 1.82) is 5.26 Å². The second-order valence-corrected chi connectivity index (χ2v) is 7.05. The van der Waals surface area contributed by atoms with Crippen molar-refractivity contribution in [2.45, 2.75) is 25.8 Å². The number of ether oxygens (including phenoxy) is 2. The average molecular weight is 350 g/mol. The first-order valence-corrected chi connectivity index (χ1v) is 8.81. The highest BCUT2D eigenvalue weighted by Crippen LogP contribution is 2.53. The number of aromatic hydroxyl groups is 1. The Labute approximate surface area is 153 Å². The van der Waals surface area contributed by atoms with Gasteiger partial charge in [0, 0.05) is 18.2 Å². The van der Waals surface area contributed by atoms with Crippen LogP contribution in [0.15, 0.2) is 18.2 Å². The normalized spacial score (nSPS) is 17.8. The third kappa shape index (κ3) is 2.41. The minimum atomic E-state index is -0.0145. The van der Waals surface area contributed by atoms with Gasteiger partial charge in [-0.15, -0.1) is 0 Å². The van der Waals surface area contributed by atoms with Crippen LogP contribution in [0.2, 0.25) is 0 Å². The molecular weight excluding hydrogens is 328 g/mol. The Morgan fingerprint density at radius 1 is 1.31 bits per heavy atom. The van der Waals surface area contributed by atoms with Crippen molar-refractivity contribution in [2.24, 2.45) is 0 Å². The number of nitriles is 1. The van der Waals surface area contributed by atoms with E-state index in [1.807, 2.05) is 31.2 Å². The molecule has 0 saturated carbocycles. The van der Waals surface area contributed by atoms with Gasteiger partial charge in [0.25, 0.3) is 0 Å². The molecule has 0 spiro atoms. The molecule has 2 aromatic carbocycles. The van der Waals surface area contributed by atoms with E-state index in [0.717, 1.165) is 41.6 Å². The first-order chi connectivity index (χ1) is 12.5. The van der Waals surface area contributed by atoms with Gasteiger partial charge >= 0.3 is 0 Å². The fraction of sp³-hybridized carbons (Fsp3) is 0.381. The highest BCUT2D eigenvalue weighted by molar-refractivity contribution is 5.84. The lowest BCUT2D eigenvalue weighted by atomic mass is 9.76. The van der Waals surface area contributed by atoms with Gasteiger partial charge in [-0.2, -0.15) is 5.26 Å². The summed E-state index contributed by atoms with van der Waals surface area (Å²) in [6.07, 6.45) is 1.80. The summed E-state index contributed by atoms with van der Waals surface area (Å²) in [4.78, 5) is 2.36. The fourth-order valence-corrected chi connectivity index (χ4v) is 4.26. The van der Waals surface area contributed by atoms with Crippen LogP contribution in [0.4, 0.5) is 0 Å². The fourth-order valence-electron chi connectivity index (χ4n) is 4.26. The number of likely N-dealkylation sites (N-methyl/N-ethyl adjacent to an activating group) is 1. The molecule has 1 atom stereocenters. The molecule has 1 aliphatic heterocycles. The summed E-state index contributed by atoms with van der Waals surface area (Å²) in [6, 6.07) is 8.22. The molecule has 0 radical (unpaired) electrons. The Morgan fingerprint density at radius 3 is 2.85 bits per heavy atom. The van der Waals surface area contributed by atoms with Gasteiger partial charge in [-0.3, -0.25) is 4.90 Å². The molecule has 1 N–H and O–H groups in total. The zero-order valence-electron chi connectivity index (χ0n) is 15.3. The minimum Gasteiger partial charge on any atom is -0.508 e. The standard InChI is InChI=1S/C21H22N2O3/c1-12-8-15-14(10-17(12)24)9-16-19-13(4-6-23(16)2)11-18(26-7-5-22)21(25-3)20(15)19/h8,10-11,16,24H,4,6-7,9H2,1-3H3. The molecule has 0 aromatic heterocycles. The largest absolute Gasteiger partial charge is 0.508 e. The molecular formula is C21H22N2O3. The summed E-state index contributed by atoms with van der Waals surface area (Å²) in [6.45, 7) is 2.86. The van der Waals surface area contributed by atoms with E-state index in [9.17, 15) is 5.11 Å². The molecule has 2 aromatic rings. The SMILES string of the molecule is COc1c(OCC#N)cc2c3c1-c1cc(C)c(O)cc1CC3N(C)CC2. The Morgan fingerprint density at radius 2 is 2.12 bits per heavy atom. The van der Waals surface area contributed by atoms with Crippen molar-refractivity contribution >= 4 is 0 Å². The van der Waals surface area contributed by atoms with Gasteiger partial charge in [0.05, 0.1) is 7.11 Å². The van der Waals surface area contributed by atoms with E-state index in [4.69, 9.17) is 14.7 Å². The molecule has 0 saturated heterocycles. The number of nitrogens with zero attached hydrogens (tertiary/aromatic N) is 2. The Bertz CT molecular complexity index is 930. The number of aryl methyl sites for hydroxylation is 1. The number of hydrogen-bond acceptors (Lipinski definition) is 5. The predicted molar refractivity (Wildman–Crippen MR) is 98.7 cm³/mol. The lowest BCUT2D eigenvalue weighted by Gasteiger charge is -2.40. The Hall–Kier alpha value is -2.71. The zero-order valence-corrected chi connectivity index (χ0v) is 15.3. The van der Waals surface area contributed by atoms with Crippen LogP contribution in [0.5, 0.6) is 17.2 Å². The maximum atomic E-state index is 10.2. The van der Waals surface area contributed by atoms with Crippen molar-refractivity contribution in [2.75, 3.05) is 27.3 Å². The lowest BCUT2D eigenvalue weighted by molar-refractivity contribution is 0.226. The molecule has 1 heterocycles. The van der Waals surface area contributed by atoms with Gasteiger partial charge in [-0.05, 0) is 72.8 Å². The van der Waals surface area contributed by atoms with Crippen LogP contribution in [0.1, 0.15) is 28.3 Å². The molecule has 5 heteroatoms. The van der Waals surface area contributed by atoms with E-state index < -0.39 is 0 Å². The first-order valence-electron chi connectivity index (χ1n) is 8.81. The van der Waals surface area contributed by atoms with E-state index >= 15 is 0 Å². The molecule has 26 heavy (non-hydrogen) atoms. The number of benzene rings is 2. The molecule has 2 aliphatic rings. The molecule has 4 rings (SSSR count). The quantitative estimate of drug-likeness (QED) is 0.919. The van der Waals surface area contributed by atoms with Crippen LogP contribution < -0.4 is 9.47 Å². The van der Waals surface area contributed by atoms with Crippen LogP contribution in [-0.2, 0) is 12.8 Å². The second kappa shape index (κ2) is 6.22. The lowest BCUT2D eigenvalue weighted by Crippen LogP contribution is -2.35. The van der Waals surface area contributed by atoms with E-state index in [-0.39, 0.29) is 12.6 Å². The Kier molecular flexibility index (Phi) is 4.01. The summed E-state index contributed by atoms with van der Waals surface area (Å²) in [5, 5.41) is 19.1. The van der Waals surface area contributed by atoms with Crippen molar-refractivity contribution in [1.82, 2.24) is 4.90 Å². The average Bonchev–Trinajstić information content (AvgIpc) is 2.63. The number of rotatable bonds is 3. The summed E-state index contributed by atoms with van der Waals surface area (Å²) >= 11 is 0. The maximum Gasteiger partial charge on any atom is 0.174 e. The molecule has 0 fully saturated rings. The van der Waals surface area contributed by atoms with E-state index in [2.05, 4.69) is 11.9 Å². The van der Waals surface area contributed by atoms with Gasteiger partial charge in [0.15, 0.2) is 18.1 Å². The number of hydrogen-bond donors (Lipinski definition) is 1. The second-order valence-electron chi connectivity index (χ2n) is 7.05. The monoisotopic (exact) mass is 350 g/mol. The van der Waals surface area contributed by atoms with Crippen molar-refractivity contribution < 1.29 is 14.6 Å². The molecule has 1 unspecified atom stereocenters. The topological polar surface area (TPSA) is 65.7 Å². The molecule has 134 valence electrons. The number of fused-ring (bicyclic) bond motifs is 2. The van der Waals surface area contributed by atoms with Gasteiger partial charge < -0.3 is 14.6 Å². The van der Waals surface area contributed by atoms with Crippen LogP contribution >= 0.6 is 0 Å². The third-order valence-electron chi connectivity index (χ3n) is 5.57. The van der Waals surface area contributed by atoms with Crippen LogP contribution in [0.25, 0.3) is 11.1 Å². The van der Waals surface area contributed by atoms with Crippen LogP contribution in [-0.4, -0.2) is 37.3 Å². The van der Waals surface area contributed by atoms with Crippen molar-refractivity contribution in [3.05, 3.63) is 40.5 Å². The minimum absolute atomic E-state index is 0.0145. The molecule has 0 bridgehead atoms. The predicted octanol–water partition coefficient (Wildman–Crippen LogP) is 3.36. The van der Waals surface area contributed by atoms with Crippen molar-refractivity contribution in [3.8, 4) is 34.4 Å². The van der Waals surface area contributed by atoms with Gasteiger partial charge in [-0.25, -0.2) is 0 Å². The van der Waals surface area contributed by atoms with E-state index in [1.54, 1.807) is 7.11 Å². The molecule has 5 nitrogen and oxygen atoms in total. The van der Waals surface area contributed by atoms with Crippen LogP contribution in [0.3, 0.4) is 0 Å². The zero-order chi connectivity index (χ0) is 18.4. The van der Waals surface area contributed by atoms with Gasteiger partial charge in [0.2, 0.25) is 0 Å². The first kappa shape index (κ1) is 16.7. The molecule has 1 aliphatic carbocycles. The number of methoxy groups -OCH3 is 1. The molecule has 0 amide bonds. The summed E-state index contributed by atoms with van der Waals surface area (Å²) in [5.41, 5.74) is 6.62. The van der Waals surface area contributed by atoms with E-state index in [0.29, 0.717) is 17.2 Å².